The molecule has 2 aromatic rings. The molecule has 1 amide bonds. The number of amides is 1. The minimum Gasteiger partial charge on any atom is -0.352 e. The lowest BCUT2D eigenvalue weighted by molar-refractivity contribution is -0.130. The topological polar surface area (TPSA) is 76.4 Å². The van der Waals surface area contributed by atoms with Crippen LogP contribution in [0.5, 0.6) is 0 Å². The maximum atomic E-state index is 11.4. The molecule has 0 N–H and O–H groups in total. The minimum atomic E-state index is 0.0797. The van der Waals surface area contributed by atoms with E-state index in [1.807, 2.05) is 17.0 Å². The first kappa shape index (κ1) is 24.4. The molecule has 7 heteroatoms. The van der Waals surface area contributed by atoms with E-state index in [9.17, 15) is 4.79 Å². The number of carbonyl (C=O) groups excluding carboxylic acids is 1. The summed E-state index contributed by atoms with van der Waals surface area (Å²) in [6.07, 6.45) is 5.98. The van der Waals surface area contributed by atoms with Gasteiger partial charge < -0.3 is 9.80 Å². The molecule has 0 radical (unpaired) electrons. The van der Waals surface area contributed by atoms with Crippen molar-refractivity contribution < 1.29 is 4.79 Å². The molecule has 1 aromatic heterocycles. The van der Waals surface area contributed by atoms with Crippen LogP contribution in [0, 0.1) is 16.7 Å². The molecular formula is C26H34N6O. The fourth-order valence-electron chi connectivity index (χ4n) is 3.91. The zero-order valence-electron chi connectivity index (χ0n) is 20.2. The maximum Gasteiger partial charge on any atom is 0.234 e. The number of anilines is 1. The summed E-state index contributed by atoms with van der Waals surface area (Å²) >= 11 is 0. The Kier molecular flexibility index (Phi) is 8.18. The van der Waals surface area contributed by atoms with Gasteiger partial charge in [0, 0.05) is 58.9 Å². The Morgan fingerprint density at radius 3 is 2.45 bits per heavy atom. The molecule has 174 valence electrons. The number of nitrogens with zero attached hydrogens (tertiary/aromatic N) is 6. The van der Waals surface area contributed by atoms with Gasteiger partial charge in [-0.2, -0.15) is 5.26 Å². The van der Waals surface area contributed by atoms with Crippen LogP contribution < -0.4 is 4.90 Å². The van der Waals surface area contributed by atoms with Gasteiger partial charge in [-0.05, 0) is 22.6 Å². The van der Waals surface area contributed by atoms with E-state index in [2.05, 4.69) is 77.0 Å². The number of rotatable bonds is 7. The highest BCUT2D eigenvalue weighted by molar-refractivity contribution is 5.73. The van der Waals surface area contributed by atoms with Gasteiger partial charge >= 0.3 is 0 Å². The standard InChI is InChI=1S/C26H34N6O/c1-21(33)31-16-14-30(15-17-31)13-5-6-22-7-9-23(10-8-22)19-32(20-26(2,3)4)25-11-12-28-24(18-27)29-25/h5-12H,13-17,19-20H2,1-4H3/b6-5+. The fourth-order valence-corrected chi connectivity index (χ4v) is 3.91. The van der Waals surface area contributed by atoms with E-state index in [1.165, 1.54) is 5.56 Å². The second kappa shape index (κ2) is 11.1. The van der Waals surface area contributed by atoms with E-state index in [4.69, 9.17) is 5.26 Å². The number of aromatic nitrogens is 2. The molecule has 1 aromatic carbocycles. The van der Waals surface area contributed by atoms with E-state index in [1.54, 1.807) is 13.1 Å². The molecule has 7 nitrogen and oxygen atoms in total. The van der Waals surface area contributed by atoms with Crippen molar-refractivity contribution in [3.05, 3.63) is 59.6 Å². The van der Waals surface area contributed by atoms with Crippen LogP contribution in [0.25, 0.3) is 6.08 Å². The van der Waals surface area contributed by atoms with Gasteiger partial charge in [0.2, 0.25) is 11.7 Å². The summed E-state index contributed by atoms with van der Waals surface area (Å²) in [4.78, 5) is 26.3. The van der Waals surface area contributed by atoms with E-state index in [-0.39, 0.29) is 17.1 Å². The summed E-state index contributed by atoms with van der Waals surface area (Å²) in [5.41, 5.74) is 2.43. The lowest BCUT2D eigenvalue weighted by atomic mass is 9.95. The van der Waals surface area contributed by atoms with Crippen molar-refractivity contribution in [1.82, 2.24) is 19.8 Å². The first-order chi connectivity index (χ1) is 15.7. The molecule has 2 heterocycles. The van der Waals surface area contributed by atoms with Gasteiger partial charge in [-0.1, -0.05) is 57.2 Å². The number of nitriles is 1. The molecule has 1 aliphatic heterocycles. The lowest BCUT2D eigenvalue weighted by Crippen LogP contribution is -2.47. The average Bonchev–Trinajstić information content (AvgIpc) is 2.79. The predicted octanol–water partition coefficient (Wildman–Crippen LogP) is 3.58. The number of hydrogen-bond donors (Lipinski definition) is 0. The third-order valence-electron chi connectivity index (χ3n) is 5.57. The van der Waals surface area contributed by atoms with Crippen LogP contribution in [-0.4, -0.2) is 64.9 Å². The van der Waals surface area contributed by atoms with Crippen molar-refractivity contribution in [3.8, 4) is 6.07 Å². The molecule has 0 atom stereocenters. The Balaban J connectivity index is 1.60. The minimum absolute atomic E-state index is 0.0797. The summed E-state index contributed by atoms with van der Waals surface area (Å²) in [6.45, 7) is 14.1. The van der Waals surface area contributed by atoms with Crippen molar-refractivity contribution >= 4 is 17.8 Å². The van der Waals surface area contributed by atoms with Gasteiger partial charge in [-0.3, -0.25) is 9.69 Å². The zero-order chi connectivity index (χ0) is 23.8. The smallest absolute Gasteiger partial charge is 0.234 e. The second-order valence-corrected chi connectivity index (χ2v) is 9.72. The number of benzene rings is 1. The Hall–Kier alpha value is -3.24. The zero-order valence-corrected chi connectivity index (χ0v) is 20.2. The predicted molar refractivity (Wildman–Crippen MR) is 131 cm³/mol. The lowest BCUT2D eigenvalue weighted by Gasteiger charge is -2.33. The van der Waals surface area contributed by atoms with Crippen molar-refractivity contribution in [2.75, 3.05) is 44.2 Å². The molecule has 0 saturated carbocycles. The van der Waals surface area contributed by atoms with Crippen LogP contribution in [0.15, 0.2) is 42.6 Å². The van der Waals surface area contributed by atoms with E-state index >= 15 is 0 Å². The SMILES string of the molecule is CC(=O)N1CCN(C/C=C/c2ccc(CN(CC(C)(C)C)c3ccnc(C#N)n3)cc2)CC1. The first-order valence-electron chi connectivity index (χ1n) is 11.4. The molecule has 33 heavy (non-hydrogen) atoms. The van der Waals surface area contributed by atoms with E-state index < -0.39 is 0 Å². The molecule has 0 aliphatic carbocycles. The highest BCUT2D eigenvalue weighted by atomic mass is 16.2. The van der Waals surface area contributed by atoms with Crippen molar-refractivity contribution in [2.24, 2.45) is 5.41 Å². The van der Waals surface area contributed by atoms with Crippen LogP contribution in [0.2, 0.25) is 0 Å². The Morgan fingerprint density at radius 2 is 1.85 bits per heavy atom. The van der Waals surface area contributed by atoms with Gasteiger partial charge in [0.25, 0.3) is 0 Å². The molecule has 1 aliphatic rings. The van der Waals surface area contributed by atoms with Crippen LogP contribution in [0.4, 0.5) is 5.82 Å². The molecular weight excluding hydrogens is 412 g/mol. The third kappa shape index (κ3) is 7.69. The maximum absolute atomic E-state index is 11.4. The number of carbonyl (C=O) groups is 1. The quantitative estimate of drug-likeness (QED) is 0.647. The number of hydrogen-bond acceptors (Lipinski definition) is 6. The molecule has 0 bridgehead atoms. The summed E-state index contributed by atoms with van der Waals surface area (Å²) in [6, 6.07) is 12.5. The number of piperazine rings is 1. The van der Waals surface area contributed by atoms with Gasteiger partial charge in [-0.15, -0.1) is 0 Å². The van der Waals surface area contributed by atoms with Crippen molar-refractivity contribution in [1.29, 1.82) is 5.26 Å². The van der Waals surface area contributed by atoms with Gasteiger partial charge in [0.1, 0.15) is 11.9 Å². The largest absolute Gasteiger partial charge is 0.352 e. The van der Waals surface area contributed by atoms with E-state index in [0.717, 1.165) is 50.6 Å². The van der Waals surface area contributed by atoms with Gasteiger partial charge in [0.05, 0.1) is 0 Å². The summed E-state index contributed by atoms with van der Waals surface area (Å²) in [5, 5.41) is 9.17. The van der Waals surface area contributed by atoms with Crippen molar-refractivity contribution in [3.63, 3.8) is 0 Å². The van der Waals surface area contributed by atoms with E-state index in [0.29, 0.717) is 6.54 Å². The molecule has 0 unspecified atom stereocenters. The van der Waals surface area contributed by atoms with Gasteiger partial charge in [0.15, 0.2) is 0 Å². The fraction of sp³-hybridized carbons (Fsp3) is 0.462. The Bertz CT molecular complexity index is 995. The van der Waals surface area contributed by atoms with Crippen LogP contribution in [0.3, 0.4) is 0 Å². The first-order valence-corrected chi connectivity index (χ1v) is 11.4. The average molecular weight is 447 g/mol. The highest BCUT2D eigenvalue weighted by Crippen LogP contribution is 2.22. The Labute approximate surface area is 197 Å². The summed E-state index contributed by atoms with van der Waals surface area (Å²) in [5.74, 6) is 1.12. The molecule has 3 rings (SSSR count). The Morgan fingerprint density at radius 1 is 1.15 bits per heavy atom. The molecule has 1 saturated heterocycles. The van der Waals surface area contributed by atoms with Crippen LogP contribution in [-0.2, 0) is 11.3 Å². The second-order valence-electron chi connectivity index (χ2n) is 9.72. The van der Waals surface area contributed by atoms with Crippen LogP contribution in [0.1, 0.15) is 44.6 Å². The normalized spacial score (nSPS) is 14.9. The molecule has 1 fully saturated rings. The molecule has 0 spiro atoms. The summed E-state index contributed by atoms with van der Waals surface area (Å²) < 4.78 is 0. The third-order valence-corrected chi connectivity index (χ3v) is 5.57. The summed E-state index contributed by atoms with van der Waals surface area (Å²) in [7, 11) is 0. The van der Waals surface area contributed by atoms with Crippen LogP contribution >= 0.6 is 0 Å². The monoisotopic (exact) mass is 446 g/mol. The van der Waals surface area contributed by atoms with Gasteiger partial charge in [-0.25, -0.2) is 9.97 Å². The highest BCUT2D eigenvalue weighted by Gasteiger charge is 2.19. The van der Waals surface area contributed by atoms with Crippen molar-refractivity contribution in [2.45, 2.75) is 34.2 Å².